The number of aromatic nitrogens is 4. The van der Waals surface area contributed by atoms with Gasteiger partial charge in [0.05, 0.1) is 5.69 Å². The zero-order valence-corrected chi connectivity index (χ0v) is 11.5. The Hall–Kier alpha value is -2.89. The fraction of sp³-hybridized carbons (Fsp3) is 0.111. The number of nitrogens with zero attached hydrogens (tertiary/aromatic N) is 5. The number of thiol groups is 1. The summed E-state index contributed by atoms with van der Waals surface area (Å²) in [4.78, 5) is 23.5. The molecule has 0 aliphatic heterocycles. The second kappa shape index (κ2) is 6.51. The minimum atomic E-state index is -0.558. The van der Waals surface area contributed by atoms with Crippen molar-refractivity contribution in [1.29, 1.82) is 0 Å². The monoisotopic (exact) mass is 313 g/mol. The maximum Gasteiger partial charge on any atom is 0.316 e. The third-order valence-corrected chi connectivity index (χ3v) is 2.25. The lowest BCUT2D eigenvalue weighted by Gasteiger charge is -1.99. The molecule has 21 heavy (non-hydrogen) atoms. The predicted octanol–water partition coefficient (Wildman–Crippen LogP) is 0.229. The molecule has 7 N–H and O–H groups in total. The second-order valence-electron chi connectivity index (χ2n) is 3.52. The number of aryl methyl sites for hydroxylation is 1. The summed E-state index contributed by atoms with van der Waals surface area (Å²) >= 11 is 3.70. The molecular formula is C9H11N7O4S. The number of nitroso groups, excluding NO2 is 1. The minimum absolute atomic E-state index is 0.00704. The highest BCUT2D eigenvalue weighted by molar-refractivity contribution is 7.80. The van der Waals surface area contributed by atoms with E-state index in [1.165, 1.54) is 6.92 Å². The number of nitrogen functional groups attached to an aromatic ring is 2. The van der Waals surface area contributed by atoms with Crippen LogP contribution in [0, 0.1) is 11.8 Å². The standard InChI is InChI=1S/C5H7N3O2.C4H4N4O2S/c1-2-3(9)4(6)8-5(10)7-2;5-2-1(8-10)3(9)7-4(11)6-2/h9H,1H3,(H3,6,7,8,10);(H4,5,6,7,9,11). The molecule has 0 amide bonds. The second-order valence-corrected chi connectivity index (χ2v) is 3.92. The van der Waals surface area contributed by atoms with Gasteiger partial charge in [-0.25, -0.2) is 4.98 Å². The number of aromatic hydroxyl groups is 3. The van der Waals surface area contributed by atoms with Crippen LogP contribution in [0.2, 0.25) is 0 Å². The highest BCUT2D eigenvalue weighted by atomic mass is 32.1. The molecule has 12 heteroatoms. The van der Waals surface area contributed by atoms with E-state index in [2.05, 4.69) is 37.7 Å². The summed E-state index contributed by atoms with van der Waals surface area (Å²) in [5.41, 5.74) is 10.2. The van der Waals surface area contributed by atoms with E-state index in [0.717, 1.165) is 0 Å². The highest BCUT2D eigenvalue weighted by Gasteiger charge is 2.09. The molecule has 0 aliphatic carbocycles. The molecule has 0 bridgehead atoms. The van der Waals surface area contributed by atoms with Gasteiger partial charge in [0.2, 0.25) is 11.6 Å². The average Bonchev–Trinajstić information content (AvgIpc) is 2.36. The third kappa shape index (κ3) is 4.04. The molecule has 2 heterocycles. The van der Waals surface area contributed by atoms with E-state index in [-0.39, 0.29) is 33.9 Å². The van der Waals surface area contributed by atoms with Crippen molar-refractivity contribution in [3.05, 3.63) is 10.6 Å². The Bertz CT molecular complexity index is 635. The summed E-state index contributed by atoms with van der Waals surface area (Å²) in [6.45, 7) is 1.52. The lowest BCUT2D eigenvalue weighted by molar-refractivity contribution is 0.416. The molecule has 2 aromatic rings. The van der Waals surface area contributed by atoms with Crippen LogP contribution in [0.3, 0.4) is 0 Å². The van der Waals surface area contributed by atoms with Crippen molar-refractivity contribution in [2.75, 3.05) is 11.5 Å². The van der Waals surface area contributed by atoms with Crippen LogP contribution in [0.25, 0.3) is 0 Å². The Kier molecular flexibility index (Phi) is 5.01. The first-order chi connectivity index (χ1) is 9.76. The van der Waals surface area contributed by atoms with Gasteiger partial charge in [-0.05, 0) is 12.1 Å². The molecule has 0 saturated heterocycles. The van der Waals surface area contributed by atoms with E-state index in [0.29, 0.717) is 0 Å². The normalized spacial score (nSPS) is 9.62. The summed E-state index contributed by atoms with van der Waals surface area (Å²) < 4.78 is 0. The van der Waals surface area contributed by atoms with Crippen molar-refractivity contribution < 1.29 is 15.3 Å². The van der Waals surface area contributed by atoms with Gasteiger partial charge in [0.15, 0.2) is 22.5 Å². The minimum Gasteiger partial charge on any atom is -0.503 e. The molecule has 2 rings (SSSR count). The fourth-order valence-electron chi connectivity index (χ4n) is 1.11. The van der Waals surface area contributed by atoms with Crippen molar-refractivity contribution in [3.8, 4) is 17.6 Å². The quantitative estimate of drug-likeness (QED) is 0.241. The molecule has 0 saturated carbocycles. The largest absolute Gasteiger partial charge is 0.503 e. The summed E-state index contributed by atoms with van der Waals surface area (Å²) in [5.74, 6) is -1.03. The van der Waals surface area contributed by atoms with Crippen LogP contribution in [-0.2, 0) is 0 Å². The maximum atomic E-state index is 9.96. The van der Waals surface area contributed by atoms with Crippen LogP contribution in [-0.4, -0.2) is 35.3 Å². The molecule has 0 aliphatic rings. The molecule has 112 valence electrons. The molecule has 0 spiro atoms. The van der Waals surface area contributed by atoms with Gasteiger partial charge in [0.1, 0.15) is 0 Å². The van der Waals surface area contributed by atoms with Crippen LogP contribution in [0.1, 0.15) is 5.69 Å². The van der Waals surface area contributed by atoms with E-state index >= 15 is 0 Å². The maximum absolute atomic E-state index is 9.96. The van der Waals surface area contributed by atoms with Gasteiger partial charge >= 0.3 is 6.01 Å². The number of rotatable bonds is 1. The molecule has 0 atom stereocenters. The van der Waals surface area contributed by atoms with Crippen molar-refractivity contribution in [2.45, 2.75) is 12.1 Å². The summed E-state index contributed by atoms with van der Waals surface area (Å²) in [7, 11) is 0. The molecule has 2 aromatic heterocycles. The molecule has 0 fully saturated rings. The van der Waals surface area contributed by atoms with Crippen molar-refractivity contribution in [2.24, 2.45) is 5.18 Å². The molecule has 0 aromatic carbocycles. The number of nitrogens with two attached hydrogens (primary N) is 2. The van der Waals surface area contributed by atoms with Gasteiger partial charge in [-0.15, -0.1) is 17.5 Å². The van der Waals surface area contributed by atoms with E-state index in [1.54, 1.807) is 0 Å². The van der Waals surface area contributed by atoms with Gasteiger partial charge in [0.25, 0.3) is 0 Å². The summed E-state index contributed by atoms with van der Waals surface area (Å²) in [6, 6.07) is -0.423. The van der Waals surface area contributed by atoms with Gasteiger partial charge in [-0.2, -0.15) is 15.0 Å². The Morgan fingerprint density at radius 1 is 1.05 bits per heavy atom. The van der Waals surface area contributed by atoms with Crippen LogP contribution < -0.4 is 11.5 Å². The van der Waals surface area contributed by atoms with Crippen LogP contribution in [0.5, 0.6) is 17.6 Å². The van der Waals surface area contributed by atoms with Crippen LogP contribution in [0.15, 0.2) is 10.3 Å². The summed E-state index contributed by atoms with van der Waals surface area (Å²) in [6.07, 6.45) is 0. The number of hydrogen-bond donors (Lipinski definition) is 6. The Labute approximate surface area is 123 Å². The lowest BCUT2D eigenvalue weighted by Crippen LogP contribution is -1.94. The molecule has 11 nitrogen and oxygen atoms in total. The van der Waals surface area contributed by atoms with Crippen molar-refractivity contribution in [3.63, 3.8) is 0 Å². The van der Waals surface area contributed by atoms with Crippen molar-refractivity contribution >= 4 is 30.0 Å². The number of hydrogen-bond acceptors (Lipinski definition) is 12. The van der Waals surface area contributed by atoms with Gasteiger partial charge in [0, 0.05) is 0 Å². The zero-order valence-electron chi connectivity index (χ0n) is 10.6. The predicted molar refractivity (Wildman–Crippen MR) is 75.3 cm³/mol. The first kappa shape index (κ1) is 16.2. The Morgan fingerprint density at radius 3 is 2.14 bits per heavy atom. The van der Waals surface area contributed by atoms with Crippen LogP contribution >= 0.6 is 12.6 Å². The SMILES string of the molecule is Cc1nc(O)nc(N)c1O.Nc1nc(S)nc(O)c1N=O. The Balaban J connectivity index is 0.000000211. The Morgan fingerprint density at radius 2 is 1.67 bits per heavy atom. The van der Waals surface area contributed by atoms with Crippen LogP contribution in [0.4, 0.5) is 17.3 Å². The lowest BCUT2D eigenvalue weighted by atomic mass is 10.4. The van der Waals surface area contributed by atoms with Gasteiger partial charge in [-0.1, -0.05) is 0 Å². The zero-order chi connectivity index (χ0) is 16.2. The van der Waals surface area contributed by atoms with Gasteiger partial charge in [-0.3, -0.25) is 0 Å². The van der Waals surface area contributed by atoms with E-state index < -0.39 is 11.9 Å². The fourth-order valence-corrected chi connectivity index (χ4v) is 1.31. The van der Waals surface area contributed by atoms with E-state index in [9.17, 15) is 4.91 Å². The first-order valence-corrected chi connectivity index (χ1v) is 5.61. The topological polar surface area (TPSA) is 194 Å². The van der Waals surface area contributed by atoms with Crippen molar-refractivity contribution in [1.82, 2.24) is 19.9 Å². The first-order valence-electron chi connectivity index (χ1n) is 5.17. The molecule has 0 unspecified atom stereocenters. The molecule has 0 radical (unpaired) electrons. The third-order valence-electron chi connectivity index (χ3n) is 2.05. The summed E-state index contributed by atoms with van der Waals surface area (Å²) in [5, 5.41) is 29.0. The molecular weight excluding hydrogens is 302 g/mol. The number of anilines is 2. The average molecular weight is 313 g/mol. The van der Waals surface area contributed by atoms with E-state index in [4.69, 9.17) is 26.8 Å². The smallest absolute Gasteiger partial charge is 0.316 e. The highest BCUT2D eigenvalue weighted by Crippen LogP contribution is 2.29. The van der Waals surface area contributed by atoms with E-state index in [1.807, 2.05) is 0 Å². The van der Waals surface area contributed by atoms with Gasteiger partial charge < -0.3 is 26.8 Å².